The molecule has 106 valence electrons. The highest BCUT2D eigenvalue weighted by molar-refractivity contribution is 5.86. The third kappa shape index (κ3) is 2.48. The summed E-state index contributed by atoms with van der Waals surface area (Å²) < 4.78 is 6.21. The molecule has 0 saturated heterocycles. The summed E-state index contributed by atoms with van der Waals surface area (Å²) in [4.78, 5) is 4.43. The van der Waals surface area contributed by atoms with Crippen LogP contribution in [0.15, 0.2) is 48.7 Å². The fraction of sp³-hybridized carbons (Fsp3) is 0.167. The number of rotatable bonds is 3. The van der Waals surface area contributed by atoms with Gasteiger partial charge in [0.25, 0.3) is 0 Å². The molecule has 0 amide bonds. The summed E-state index contributed by atoms with van der Waals surface area (Å²) >= 11 is 0. The zero-order valence-corrected chi connectivity index (χ0v) is 12.3. The van der Waals surface area contributed by atoms with Crippen LogP contribution in [0.3, 0.4) is 0 Å². The molecular weight excluding hydrogens is 260 g/mol. The topological polar surface area (TPSA) is 48.1 Å². The summed E-state index contributed by atoms with van der Waals surface area (Å²) in [5, 5.41) is 0.987. The molecule has 0 radical (unpaired) electrons. The van der Waals surface area contributed by atoms with Crippen LogP contribution < -0.4 is 10.5 Å². The fourth-order valence-electron chi connectivity index (χ4n) is 2.37. The Morgan fingerprint density at radius 3 is 2.67 bits per heavy atom. The highest BCUT2D eigenvalue weighted by atomic mass is 16.5. The van der Waals surface area contributed by atoms with Gasteiger partial charge in [-0.3, -0.25) is 4.98 Å². The standard InChI is InChI=1S/C18H18N2O/c1-12-6-5-9-17(13(12)2)21-18-14(10-19)11-20-16-8-4-3-7-15(16)18/h3-9,11H,10,19H2,1-2H3. The molecule has 21 heavy (non-hydrogen) atoms. The Balaban J connectivity index is 2.17. The molecule has 0 fully saturated rings. The van der Waals surface area contributed by atoms with E-state index in [1.807, 2.05) is 36.4 Å². The lowest BCUT2D eigenvalue weighted by Crippen LogP contribution is -2.02. The summed E-state index contributed by atoms with van der Waals surface area (Å²) in [6.45, 7) is 4.55. The molecule has 3 rings (SSSR count). The van der Waals surface area contributed by atoms with Gasteiger partial charge in [-0.05, 0) is 43.2 Å². The molecule has 0 saturated carbocycles. The molecule has 2 N–H and O–H groups in total. The van der Waals surface area contributed by atoms with Crippen molar-refractivity contribution in [1.82, 2.24) is 4.98 Å². The smallest absolute Gasteiger partial charge is 0.142 e. The number of nitrogens with two attached hydrogens (primary N) is 1. The van der Waals surface area contributed by atoms with Crippen molar-refractivity contribution in [2.45, 2.75) is 20.4 Å². The van der Waals surface area contributed by atoms with E-state index in [2.05, 4.69) is 24.9 Å². The maximum absolute atomic E-state index is 6.21. The van der Waals surface area contributed by atoms with E-state index in [4.69, 9.17) is 10.5 Å². The number of pyridine rings is 1. The van der Waals surface area contributed by atoms with E-state index in [9.17, 15) is 0 Å². The second-order valence-corrected chi connectivity index (χ2v) is 5.13. The molecule has 0 aliphatic carbocycles. The van der Waals surface area contributed by atoms with E-state index in [1.165, 1.54) is 5.56 Å². The van der Waals surface area contributed by atoms with Crippen molar-refractivity contribution < 1.29 is 4.74 Å². The normalized spacial score (nSPS) is 10.8. The van der Waals surface area contributed by atoms with Gasteiger partial charge in [-0.2, -0.15) is 0 Å². The predicted octanol–water partition coefficient (Wildman–Crippen LogP) is 4.10. The number of fused-ring (bicyclic) bond motifs is 1. The molecule has 0 aliphatic rings. The van der Waals surface area contributed by atoms with Crippen molar-refractivity contribution in [3.8, 4) is 11.5 Å². The second-order valence-electron chi connectivity index (χ2n) is 5.13. The van der Waals surface area contributed by atoms with Crippen molar-refractivity contribution in [2.75, 3.05) is 0 Å². The lowest BCUT2D eigenvalue weighted by atomic mass is 10.1. The molecule has 3 heteroatoms. The third-order valence-corrected chi connectivity index (χ3v) is 3.79. The first kappa shape index (κ1) is 13.6. The van der Waals surface area contributed by atoms with Crippen LogP contribution in [0.1, 0.15) is 16.7 Å². The number of aromatic nitrogens is 1. The molecular formula is C18H18N2O. The fourth-order valence-corrected chi connectivity index (χ4v) is 2.37. The van der Waals surface area contributed by atoms with Gasteiger partial charge in [0.15, 0.2) is 0 Å². The van der Waals surface area contributed by atoms with E-state index in [0.717, 1.165) is 33.5 Å². The molecule has 0 aliphatic heterocycles. The van der Waals surface area contributed by atoms with E-state index in [1.54, 1.807) is 6.20 Å². The first-order valence-corrected chi connectivity index (χ1v) is 7.01. The number of hydrogen-bond donors (Lipinski definition) is 1. The van der Waals surface area contributed by atoms with Crippen LogP contribution in [0, 0.1) is 13.8 Å². The number of benzene rings is 2. The van der Waals surface area contributed by atoms with Gasteiger partial charge in [0.1, 0.15) is 11.5 Å². The van der Waals surface area contributed by atoms with Gasteiger partial charge in [-0.25, -0.2) is 0 Å². The highest BCUT2D eigenvalue weighted by Crippen LogP contribution is 2.34. The van der Waals surface area contributed by atoms with E-state index < -0.39 is 0 Å². The van der Waals surface area contributed by atoms with Gasteiger partial charge < -0.3 is 10.5 Å². The predicted molar refractivity (Wildman–Crippen MR) is 85.6 cm³/mol. The number of hydrogen-bond acceptors (Lipinski definition) is 3. The maximum Gasteiger partial charge on any atom is 0.142 e. The molecule has 0 bridgehead atoms. The lowest BCUT2D eigenvalue weighted by molar-refractivity contribution is 0.477. The van der Waals surface area contributed by atoms with Crippen LogP contribution in [-0.2, 0) is 6.54 Å². The van der Waals surface area contributed by atoms with E-state index >= 15 is 0 Å². The van der Waals surface area contributed by atoms with Crippen molar-refractivity contribution >= 4 is 10.9 Å². The second kappa shape index (κ2) is 5.54. The number of nitrogens with zero attached hydrogens (tertiary/aromatic N) is 1. The van der Waals surface area contributed by atoms with Crippen LogP contribution in [-0.4, -0.2) is 4.98 Å². The molecule has 3 aromatic rings. The average molecular weight is 278 g/mol. The minimum Gasteiger partial charge on any atom is -0.456 e. The van der Waals surface area contributed by atoms with Gasteiger partial charge in [0.2, 0.25) is 0 Å². The molecule has 0 unspecified atom stereocenters. The van der Waals surface area contributed by atoms with Gasteiger partial charge in [-0.15, -0.1) is 0 Å². The van der Waals surface area contributed by atoms with Crippen molar-refractivity contribution in [3.05, 3.63) is 65.4 Å². The minimum atomic E-state index is 0.401. The minimum absolute atomic E-state index is 0.401. The first-order chi connectivity index (χ1) is 10.2. The quantitative estimate of drug-likeness (QED) is 0.784. The Hall–Kier alpha value is -2.39. The average Bonchev–Trinajstić information content (AvgIpc) is 2.52. The highest BCUT2D eigenvalue weighted by Gasteiger charge is 2.11. The van der Waals surface area contributed by atoms with Crippen molar-refractivity contribution in [3.63, 3.8) is 0 Å². The Bertz CT molecular complexity index is 796. The zero-order chi connectivity index (χ0) is 14.8. The molecule has 0 spiro atoms. The molecule has 3 nitrogen and oxygen atoms in total. The largest absolute Gasteiger partial charge is 0.456 e. The maximum atomic E-state index is 6.21. The molecule has 1 heterocycles. The summed E-state index contributed by atoms with van der Waals surface area (Å²) in [5.74, 6) is 1.66. The Kier molecular flexibility index (Phi) is 3.59. The number of para-hydroxylation sites is 1. The van der Waals surface area contributed by atoms with Crippen LogP contribution in [0.5, 0.6) is 11.5 Å². The van der Waals surface area contributed by atoms with Gasteiger partial charge in [0.05, 0.1) is 5.52 Å². The van der Waals surface area contributed by atoms with Gasteiger partial charge in [-0.1, -0.05) is 24.3 Å². The Morgan fingerprint density at radius 2 is 1.86 bits per heavy atom. The van der Waals surface area contributed by atoms with Crippen LogP contribution in [0.25, 0.3) is 10.9 Å². The monoisotopic (exact) mass is 278 g/mol. The van der Waals surface area contributed by atoms with Crippen LogP contribution >= 0.6 is 0 Å². The molecule has 0 atom stereocenters. The Labute approximate surface area is 124 Å². The molecule has 2 aromatic carbocycles. The number of aryl methyl sites for hydroxylation is 1. The van der Waals surface area contributed by atoms with Crippen molar-refractivity contribution in [2.24, 2.45) is 5.73 Å². The van der Waals surface area contributed by atoms with Crippen LogP contribution in [0.2, 0.25) is 0 Å². The SMILES string of the molecule is Cc1cccc(Oc2c(CN)cnc3ccccc23)c1C. The van der Waals surface area contributed by atoms with E-state index in [0.29, 0.717) is 6.54 Å². The molecule has 1 aromatic heterocycles. The van der Waals surface area contributed by atoms with Crippen LogP contribution in [0.4, 0.5) is 0 Å². The van der Waals surface area contributed by atoms with Gasteiger partial charge in [0, 0.05) is 23.7 Å². The summed E-state index contributed by atoms with van der Waals surface area (Å²) in [6, 6.07) is 14.0. The van der Waals surface area contributed by atoms with Gasteiger partial charge >= 0.3 is 0 Å². The number of ether oxygens (including phenoxy) is 1. The summed E-state index contributed by atoms with van der Waals surface area (Å²) in [5.41, 5.74) is 10.0. The van der Waals surface area contributed by atoms with E-state index in [-0.39, 0.29) is 0 Å². The zero-order valence-electron chi connectivity index (χ0n) is 12.3. The Morgan fingerprint density at radius 1 is 1.05 bits per heavy atom. The third-order valence-electron chi connectivity index (χ3n) is 3.79. The summed E-state index contributed by atoms with van der Waals surface area (Å²) in [7, 11) is 0. The lowest BCUT2D eigenvalue weighted by Gasteiger charge is -2.15. The first-order valence-electron chi connectivity index (χ1n) is 7.01. The van der Waals surface area contributed by atoms with Crippen molar-refractivity contribution in [1.29, 1.82) is 0 Å². The summed E-state index contributed by atoms with van der Waals surface area (Å²) in [6.07, 6.45) is 1.79.